The van der Waals surface area contributed by atoms with E-state index in [9.17, 15) is 4.79 Å². The summed E-state index contributed by atoms with van der Waals surface area (Å²) in [6.07, 6.45) is 8.31. The minimum Gasteiger partial charge on any atom is -0.335 e. The van der Waals surface area contributed by atoms with Crippen molar-refractivity contribution in [2.24, 2.45) is 5.92 Å². The smallest absolute Gasteiger partial charge is 0.315 e. The Balaban J connectivity index is 1.39. The van der Waals surface area contributed by atoms with Gasteiger partial charge in [-0.3, -0.25) is 5.10 Å². The molecule has 2 atom stereocenters. The van der Waals surface area contributed by atoms with Crippen LogP contribution >= 0.6 is 0 Å². The SMILES string of the molecule is O=C(N[C@H]1CCc2[nH]ncc2C1)N[C@@H](c1ccccc1)C1CCC1. The highest BCUT2D eigenvalue weighted by Crippen LogP contribution is 2.37. The first-order valence-electron chi connectivity index (χ1n) is 8.92. The maximum Gasteiger partial charge on any atom is 0.315 e. The van der Waals surface area contributed by atoms with Gasteiger partial charge < -0.3 is 10.6 Å². The third-order valence-corrected chi connectivity index (χ3v) is 5.42. The molecule has 1 saturated carbocycles. The van der Waals surface area contributed by atoms with E-state index < -0.39 is 0 Å². The second-order valence-electron chi connectivity index (χ2n) is 7.01. The van der Waals surface area contributed by atoms with Gasteiger partial charge in [-0.2, -0.15) is 5.10 Å². The van der Waals surface area contributed by atoms with E-state index in [0.29, 0.717) is 5.92 Å². The summed E-state index contributed by atoms with van der Waals surface area (Å²) in [5, 5.41) is 13.5. The van der Waals surface area contributed by atoms with Gasteiger partial charge in [0.15, 0.2) is 0 Å². The molecule has 2 amide bonds. The molecular weight excluding hydrogens is 300 g/mol. The summed E-state index contributed by atoms with van der Waals surface area (Å²) in [5.41, 5.74) is 3.65. The topological polar surface area (TPSA) is 69.8 Å². The highest BCUT2D eigenvalue weighted by Gasteiger charge is 2.30. The zero-order valence-electron chi connectivity index (χ0n) is 13.8. The Morgan fingerprint density at radius 1 is 1.21 bits per heavy atom. The molecular formula is C19H24N4O. The standard InChI is InChI=1S/C19H24N4O/c24-19(21-16-9-10-17-15(11-16)12-20-23-17)22-18(14-7-4-8-14)13-5-2-1-3-6-13/h1-3,5-6,12,14,16,18H,4,7-11H2,(H,20,23)(H2,21,22,24)/t16-,18-/m0/s1. The van der Waals surface area contributed by atoms with E-state index in [0.717, 1.165) is 19.3 Å². The Morgan fingerprint density at radius 3 is 2.79 bits per heavy atom. The van der Waals surface area contributed by atoms with Gasteiger partial charge in [0.1, 0.15) is 0 Å². The Hall–Kier alpha value is -2.30. The number of carbonyl (C=O) groups excluding carboxylic acids is 1. The van der Waals surface area contributed by atoms with E-state index in [1.165, 1.54) is 36.1 Å². The molecule has 0 spiro atoms. The van der Waals surface area contributed by atoms with E-state index in [1.807, 2.05) is 24.4 Å². The number of aromatic nitrogens is 2. The molecule has 126 valence electrons. The Labute approximate surface area is 142 Å². The van der Waals surface area contributed by atoms with Gasteiger partial charge in [-0.05, 0) is 49.1 Å². The van der Waals surface area contributed by atoms with Crippen LogP contribution in [0.4, 0.5) is 4.79 Å². The fourth-order valence-corrected chi connectivity index (χ4v) is 3.81. The molecule has 24 heavy (non-hydrogen) atoms. The lowest BCUT2D eigenvalue weighted by atomic mass is 9.77. The van der Waals surface area contributed by atoms with Crippen molar-refractivity contribution in [3.8, 4) is 0 Å². The van der Waals surface area contributed by atoms with E-state index >= 15 is 0 Å². The summed E-state index contributed by atoms with van der Waals surface area (Å²) in [6.45, 7) is 0. The van der Waals surface area contributed by atoms with E-state index in [-0.39, 0.29) is 18.1 Å². The quantitative estimate of drug-likeness (QED) is 0.809. The van der Waals surface area contributed by atoms with Crippen LogP contribution in [0.25, 0.3) is 0 Å². The third-order valence-electron chi connectivity index (χ3n) is 5.42. The molecule has 0 saturated heterocycles. The summed E-state index contributed by atoms with van der Waals surface area (Å²) in [4.78, 5) is 12.5. The van der Waals surface area contributed by atoms with Crippen molar-refractivity contribution < 1.29 is 4.79 Å². The van der Waals surface area contributed by atoms with Crippen LogP contribution in [0.1, 0.15) is 48.5 Å². The average molecular weight is 324 g/mol. The lowest BCUT2D eigenvalue weighted by Crippen LogP contribution is -2.47. The van der Waals surface area contributed by atoms with E-state index in [2.05, 4.69) is 33.0 Å². The van der Waals surface area contributed by atoms with Gasteiger partial charge in [0.05, 0.1) is 12.2 Å². The minimum atomic E-state index is -0.0484. The maximum atomic E-state index is 12.5. The van der Waals surface area contributed by atoms with Crippen LogP contribution in [0.2, 0.25) is 0 Å². The summed E-state index contributed by atoms with van der Waals surface area (Å²) in [7, 11) is 0. The van der Waals surface area contributed by atoms with Crippen molar-refractivity contribution in [3.63, 3.8) is 0 Å². The lowest BCUT2D eigenvalue weighted by molar-refractivity contribution is 0.204. The van der Waals surface area contributed by atoms with Crippen LogP contribution < -0.4 is 10.6 Å². The van der Waals surface area contributed by atoms with E-state index in [4.69, 9.17) is 0 Å². The lowest BCUT2D eigenvalue weighted by Gasteiger charge is -2.35. The molecule has 4 rings (SSSR count). The van der Waals surface area contributed by atoms with Crippen molar-refractivity contribution in [2.75, 3.05) is 0 Å². The number of rotatable bonds is 4. The number of urea groups is 1. The first-order chi connectivity index (χ1) is 11.8. The molecule has 2 aromatic rings. The van der Waals surface area contributed by atoms with Gasteiger partial charge in [-0.25, -0.2) is 4.79 Å². The number of hydrogen-bond acceptors (Lipinski definition) is 2. The number of aryl methyl sites for hydroxylation is 1. The molecule has 3 N–H and O–H groups in total. The zero-order chi connectivity index (χ0) is 16.4. The highest BCUT2D eigenvalue weighted by molar-refractivity contribution is 5.75. The van der Waals surface area contributed by atoms with Crippen LogP contribution in [-0.2, 0) is 12.8 Å². The number of fused-ring (bicyclic) bond motifs is 1. The molecule has 0 unspecified atom stereocenters. The number of H-pyrrole nitrogens is 1. The fourth-order valence-electron chi connectivity index (χ4n) is 3.81. The summed E-state index contributed by atoms with van der Waals surface area (Å²) >= 11 is 0. The van der Waals surface area contributed by atoms with Crippen LogP contribution in [0.5, 0.6) is 0 Å². The zero-order valence-corrected chi connectivity index (χ0v) is 13.8. The molecule has 1 heterocycles. The summed E-state index contributed by atoms with van der Waals surface area (Å²) in [5.74, 6) is 0.560. The van der Waals surface area contributed by atoms with E-state index in [1.54, 1.807) is 0 Å². The Bertz CT molecular complexity index is 692. The molecule has 0 radical (unpaired) electrons. The Kier molecular flexibility index (Phi) is 4.24. The molecule has 5 heteroatoms. The second-order valence-corrected chi connectivity index (χ2v) is 7.01. The number of hydrogen-bond donors (Lipinski definition) is 3. The van der Waals surface area contributed by atoms with Gasteiger partial charge in [0.25, 0.3) is 0 Å². The predicted octanol–water partition coefficient (Wildman–Crippen LogP) is 3.11. The number of amides is 2. The minimum absolute atomic E-state index is 0.0484. The average Bonchev–Trinajstić information content (AvgIpc) is 3.01. The molecule has 2 aliphatic carbocycles. The molecule has 5 nitrogen and oxygen atoms in total. The van der Waals surface area contributed by atoms with Crippen molar-refractivity contribution >= 4 is 6.03 Å². The van der Waals surface area contributed by atoms with Crippen molar-refractivity contribution in [3.05, 3.63) is 53.3 Å². The van der Waals surface area contributed by atoms with Crippen molar-refractivity contribution in [1.82, 2.24) is 20.8 Å². The molecule has 0 aliphatic heterocycles. The normalized spacial score (nSPS) is 21.4. The number of nitrogens with one attached hydrogen (secondary N) is 3. The van der Waals surface area contributed by atoms with Gasteiger partial charge in [0, 0.05) is 11.7 Å². The van der Waals surface area contributed by atoms with Crippen LogP contribution in [0.15, 0.2) is 36.5 Å². The van der Waals surface area contributed by atoms with Gasteiger partial charge >= 0.3 is 6.03 Å². The molecule has 1 fully saturated rings. The number of aromatic amines is 1. The van der Waals surface area contributed by atoms with Crippen LogP contribution in [-0.4, -0.2) is 22.3 Å². The summed E-state index contributed by atoms with van der Waals surface area (Å²) < 4.78 is 0. The molecule has 0 bridgehead atoms. The molecule has 1 aromatic carbocycles. The monoisotopic (exact) mass is 324 g/mol. The number of benzene rings is 1. The molecule has 2 aliphatic rings. The van der Waals surface area contributed by atoms with Crippen molar-refractivity contribution in [1.29, 1.82) is 0 Å². The van der Waals surface area contributed by atoms with Crippen LogP contribution in [0.3, 0.4) is 0 Å². The van der Waals surface area contributed by atoms with Crippen LogP contribution in [0, 0.1) is 5.92 Å². The van der Waals surface area contributed by atoms with Gasteiger partial charge in [0.2, 0.25) is 0 Å². The van der Waals surface area contributed by atoms with Gasteiger partial charge in [-0.1, -0.05) is 36.8 Å². The fraction of sp³-hybridized carbons (Fsp3) is 0.474. The van der Waals surface area contributed by atoms with Crippen molar-refractivity contribution in [2.45, 2.75) is 50.6 Å². The number of carbonyl (C=O) groups is 1. The Morgan fingerprint density at radius 2 is 2.04 bits per heavy atom. The first kappa shape index (κ1) is 15.2. The highest BCUT2D eigenvalue weighted by atomic mass is 16.2. The predicted molar refractivity (Wildman–Crippen MR) is 92.6 cm³/mol. The third kappa shape index (κ3) is 3.16. The maximum absolute atomic E-state index is 12.5. The largest absolute Gasteiger partial charge is 0.335 e. The number of nitrogens with zero attached hydrogens (tertiary/aromatic N) is 1. The van der Waals surface area contributed by atoms with Gasteiger partial charge in [-0.15, -0.1) is 0 Å². The summed E-state index contributed by atoms with van der Waals surface area (Å²) in [6, 6.07) is 10.6. The molecule has 1 aromatic heterocycles. The first-order valence-corrected chi connectivity index (χ1v) is 8.92. The second kappa shape index (κ2) is 6.67.